The maximum Gasteiger partial charge on any atom is 0.317 e. The van der Waals surface area contributed by atoms with E-state index in [1.165, 1.54) is 0 Å². The molecule has 1 aliphatic rings. The van der Waals surface area contributed by atoms with Crippen molar-refractivity contribution in [1.82, 2.24) is 10.2 Å². The number of hydrogen-bond acceptors (Lipinski definition) is 2. The molecule has 0 saturated carbocycles. The molecular weight excluding hydrogens is 214 g/mol. The molecule has 92 valence electrons. The van der Waals surface area contributed by atoms with E-state index in [4.69, 9.17) is 5.73 Å². The molecule has 0 bridgehead atoms. The maximum atomic E-state index is 11.9. The summed E-state index contributed by atoms with van der Waals surface area (Å²) in [4.78, 5) is 13.7. The van der Waals surface area contributed by atoms with E-state index in [-0.39, 0.29) is 6.03 Å². The number of nitrogens with one attached hydrogen (secondary N) is 1. The van der Waals surface area contributed by atoms with Crippen LogP contribution in [0.5, 0.6) is 0 Å². The summed E-state index contributed by atoms with van der Waals surface area (Å²) < 4.78 is 0. The van der Waals surface area contributed by atoms with E-state index >= 15 is 0 Å². The Bertz CT molecular complexity index is 366. The Labute approximate surface area is 102 Å². The molecule has 1 saturated heterocycles. The summed E-state index contributed by atoms with van der Waals surface area (Å²) >= 11 is 0. The number of carbonyl (C=O) groups is 1. The molecule has 2 rings (SSSR count). The first-order valence-electron chi connectivity index (χ1n) is 6.06. The molecule has 1 heterocycles. The summed E-state index contributed by atoms with van der Waals surface area (Å²) in [6.45, 7) is 2.87. The normalized spacial score (nSPS) is 19.4. The van der Waals surface area contributed by atoms with Gasteiger partial charge in [-0.3, -0.25) is 0 Å². The van der Waals surface area contributed by atoms with E-state index in [1.807, 2.05) is 35.2 Å². The Morgan fingerprint density at radius 2 is 2.18 bits per heavy atom. The predicted octanol–water partition coefficient (Wildman–Crippen LogP) is 1.18. The molecule has 2 amide bonds. The molecule has 4 nitrogen and oxygen atoms in total. The highest BCUT2D eigenvalue weighted by Gasteiger charge is 2.24. The van der Waals surface area contributed by atoms with Crippen LogP contribution < -0.4 is 11.1 Å². The standard InChI is InChI=1S/C13H19N3O/c14-8-12-6-7-16(10-12)13(17)15-9-11-4-2-1-3-5-11/h1-5,12H,6-10,14H2,(H,15,17). The van der Waals surface area contributed by atoms with Crippen molar-refractivity contribution in [3.05, 3.63) is 35.9 Å². The quantitative estimate of drug-likeness (QED) is 0.823. The van der Waals surface area contributed by atoms with Gasteiger partial charge in [-0.2, -0.15) is 0 Å². The van der Waals surface area contributed by atoms with Crippen molar-refractivity contribution in [2.24, 2.45) is 11.7 Å². The van der Waals surface area contributed by atoms with Gasteiger partial charge in [0.15, 0.2) is 0 Å². The topological polar surface area (TPSA) is 58.4 Å². The number of urea groups is 1. The number of hydrogen-bond donors (Lipinski definition) is 2. The predicted molar refractivity (Wildman–Crippen MR) is 67.4 cm³/mol. The minimum atomic E-state index is 0.0183. The highest BCUT2D eigenvalue weighted by molar-refractivity contribution is 5.74. The van der Waals surface area contributed by atoms with Crippen LogP contribution in [-0.4, -0.2) is 30.6 Å². The molecule has 1 aromatic rings. The SMILES string of the molecule is NCC1CCN(C(=O)NCc2ccccc2)C1. The van der Waals surface area contributed by atoms with Crippen molar-refractivity contribution < 1.29 is 4.79 Å². The molecule has 1 fully saturated rings. The zero-order valence-electron chi connectivity index (χ0n) is 9.93. The lowest BCUT2D eigenvalue weighted by molar-refractivity contribution is 0.207. The fraction of sp³-hybridized carbons (Fsp3) is 0.462. The number of nitrogens with zero attached hydrogens (tertiary/aromatic N) is 1. The van der Waals surface area contributed by atoms with Gasteiger partial charge < -0.3 is 16.0 Å². The van der Waals surface area contributed by atoms with Gasteiger partial charge in [0.1, 0.15) is 0 Å². The third kappa shape index (κ3) is 3.20. The Kier molecular flexibility index (Phi) is 3.98. The Morgan fingerprint density at radius 1 is 1.41 bits per heavy atom. The third-order valence-corrected chi connectivity index (χ3v) is 3.19. The lowest BCUT2D eigenvalue weighted by Gasteiger charge is -2.17. The molecule has 0 spiro atoms. The lowest BCUT2D eigenvalue weighted by Crippen LogP contribution is -2.38. The van der Waals surface area contributed by atoms with Crippen molar-refractivity contribution >= 4 is 6.03 Å². The first kappa shape index (κ1) is 11.9. The average molecular weight is 233 g/mol. The van der Waals surface area contributed by atoms with E-state index in [1.54, 1.807) is 0 Å². The summed E-state index contributed by atoms with van der Waals surface area (Å²) in [6.07, 6.45) is 1.02. The Hall–Kier alpha value is -1.55. The second-order valence-corrected chi connectivity index (χ2v) is 4.48. The molecule has 3 N–H and O–H groups in total. The summed E-state index contributed by atoms with van der Waals surface area (Å²) in [5.41, 5.74) is 6.72. The minimum Gasteiger partial charge on any atom is -0.334 e. The lowest BCUT2D eigenvalue weighted by atomic mass is 10.1. The zero-order chi connectivity index (χ0) is 12.1. The van der Waals surface area contributed by atoms with Crippen LogP contribution in [0.4, 0.5) is 4.79 Å². The van der Waals surface area contributed by atoms with E-state index < -0.39 is 0 Å². The van der Waals surface area contributed by atoms with Crippen molar-refractivity contribution in [3.8, 4) is 0 Å². The summed E-state index contributed by atoms with van der Waals surface area (Å²) in [5.74, 6) is 0.470. The molecule has 0 aliphatic carbocycles. The maximum absolute atomic E-state index is 11.9. The fourth-order valence-electron chi connectivity index (χ4n) is 2.09. The van der Waals surface area contributed by atoms with Crippen LogP contribution in [-0.2, 0) is 6.54 Å². The molecular formula is C13H19N3O. The zero-order valence-corrected chi connectivity index (χ0v) is 9.93. The Balaban J connectivity index is 1.78. The monoisotopic (exact) mass is 233 g/mol. The van der Waals surface area contributed by atoms with Gasteiger partial charge in [0.2, 0.25) is 0 Å². The number of carbonyl (C=O) groups excluding carboxylic acids is 1. The largest absolute Gasteiger partial charge is 0.334 e. The molecule has 0 aromatic heterocycles. The van der Waals surface area contributed by atoms with Gasteiger partial charge in [-0.05, 0) is 24.4 Å². The minimum absolute atomic E-state index is 0.0183. The second-order valence-electron chi connectivity index (χ2n) is 4.48. The van der Waals surface area contributed by atoms with Gasteiger partial charge in [-0.1, -0.05) is 30.3 Å². The summed E-state index contributed by atoms with van der Waals surface area (Å²) in [6, 6.07) is 9.95. The molecule has 0 radical (unpaired) electrons. The van der Waals surface area contributed by atoms with Crippen LogP contribution in [0, 0.1) is 5.92 Å². The van der Waals surface area contributed by atoms with Crippen molar-refractivity contribution in [2.45, 2.75) is 13.0 Å². The van der Waals surface area contributed by atoms with Crippen molar-refractivity contribution in [3.63, 3.8) is 0 Å². The van der Waals surface area contributed by atoms with Gasteiger partial charge in [-0.25, -0.2) is 4.79 Å². The van der Waals surface area contributed by atoms with Gasteiger partial charge in [0.05, 0.1) is 0 Å². The van der Waals surface area contributed by atoms with E-state index in [2.05, 4.69) is 5.32 Å². The molecule has 4 heteroatoms. The van der Waals surface area contributed by atoms with Crippen LogP contribution in [0.15, 0.2) is 30.3 Å². The van der Waals surface area contributed by atoms with Crippen LogP contribution in [0.2, 0.25) is 0 Å². The van der Waals surface area contributed by atoms with Gasteiger partial charge in [0, 0.05) is 19.6 Å². The molecule has 17 heavy (non-hydrogen) atoms. The number of rotatable bonds is 3. The number of nitrogens with two attached hydrogens (primary N) is 1. The second kappa shape index (κ2) is 5.68. The van der Waals surface area contributed by atoms with Gasteiger partial charge in [0.25, 0.3) is 0 Å². The first-order valence-corrected chi connectivity index (χ1v) is 6.06. The molecule has 1 unspecified atom stereocenters. The number of likely N-dealkylation sites (tertiary alicyclic amines) is 1. The number of benzene rings is 1. The molecule has 1 atom stereocenters. The number of amides is 2. The fourth-order valence-corrected chi connectivity index (χ4v) is 2.09. The van der Waals surface area contributed by atoms with Crippen LogP contribution in [0.25, 0.3) is 0 Å². The van der Waals surface area contributed by atoms with Crippen molar-refractivity contribution in [2.75, 3.05) is 19.6 Å². The van der Waals surface area contributed by atoms with Crippen LogP contribution in [0.3, 0.4) is 0 Å². The summed E-state index contributed by atoms with van der Waals surface area (Å²) in [7, 11) is 0. The average Bonchev–Trinajstić information content (AvgIpc) is 2.86. The Morgan fingerprint density at radius 3 is 2.82 bits per heavy atom. The van der Waals surface area contributed by atoms with Gasteiger partial charge in [-0.15, -0.1) is 0 Å². The van der Waals surface area contributed by atoms with E-state index in [9.17, 15) is 4.79 Å². The highest BCUT2D eigenvalue weighted by Crippen LogP contribution is 2.14. The first-order chi connectivity index (χ1) is 8.29. The summed E-state index contributed by atoms with van der Waals surface area (Å²) in [5, 5.41) is 2.93. The highest BCUT2D eigenvalue weighted by atomic mass is 16.2. The van der Waals surface area contributed by atoms with Gasteiger partial charge >= 0.3 is 6.03 Å². The smallest absolute Gasteiger partial charge is 0.317 e. The van der Waals surface area contributed by atoms with Crippen LogP contribution >= 0.6 is 0 Å². The van der Waals surface area contributed by atoms with Crippen LogP contribution in [0.1, 0.15) is 12.0 Å². The third-order valence-electron chi connectivity index (χ3n) is 3.19. The molecule has 1 aromatic carbocycles. The van der Waals surface area contributed by atoms with Crippen molar-refractivity contribution in [1.29, 1.82) is 0 Å². The molecule has 1 aliphatic heterocycles. The van der Waals surface area contributed by atoms with E-state index in [0.717, 1.165) is 25.1 Å². The van der Waals surface area contributed by atoms with E-state index in [0.29, 0.717) is 19.0 Å².